The van der Waals surface area contributed by atoms with Gasteiger partial charge in [-0.3, -0.25) is 0 Å². The van der Waals surface area contributed by atoms with E-state index in [0.29, 0.717) is 6.54 Å². The fraction of sp³-hybridized carbons (Fsp3) is 0.500. The van der Waals surface area contributed by atoms with Crippen molar-refractivity contribution in [2.75, 3.05) is 13.2 Å². The van der Waals surface area contributed by atoms with Crippen molar-refractivity contribution >= 4 is 15.9 Å². The Kier molecular flexibility index (Phi) is 2.77. The Hall–Kier alpha value is -0.780. The van der Waals surface area contributed by atoms with Crippen LogP contribution in [-0.4, -0.2) is 18.4 Å². The minimum Gasteiger partial charge on any atom is -0.489 e. The Morgan fingerprint density at radius 1 is 1.29 bits per heavy atom. The topological polar surface area (TPSA) is 50.7 Å². The lowest BCUT2D eigenvalue weighted by molar-refractivity contribution is 0.161. The molecule has 0 saturated heterocycles. The minimum atomic E-state index is 0.244. The van der Waals surface area contributed by atoms with Crippen LogP contribution in [0, 0.1) is 5.41 Å². The van der Waals surface area contributed by atoms with Crippen molar-refractivity contribution in [2.45, 2.75) is 19.4 Å². The Morgan fingerprint density at radius 3 is 2.76 bits per heavy atom. The molecule has 92 valence electrons. The van der Waals surface area contributed by atoms with Crippen LogP contribution in [-0.2, 0) is 6.54 Å². The molecule has 3 rings (SSSR count). The Labute approximate surface area is 108 Å². The van der Waals surface area contributed by atoms with Crippen LogP contribution in [0.15, 0.2) is 16.6 Å². The van der Waals surface area contributed by atoms with Gasteiger partial charge in [-0.2, -0.15) is 0 Å². The van der Waals surface area contributed by atoms with E-state index in [2.05, 4.69) is 21.4 Å². The van der Waals surface area contributed by atoms with Crippen molar-refractivity contribution in [1.29, 1.82) is 0 Å². The molecule has 17 heavy (non-hydrogen) atoms. The molecule has 1 heterocycles. The van der Waals surface area contributed by atoms with Gasteiger partial charge < -0.3 is 14.7 Å². The number of ether oxygens (including phenoxy) is 2. The van der Waals surface area contributed by atoms with Crippen molar-refractivity contribution in [2.24, 2.45) is 5.41 Å². The van der Waals surface area contributed by atoms with Crippen LogP contribution in [0.3, 0.4) is 0 Å². The molecular formula is C12H14BrNO3. The normalized spacial score (nSPS) is 20.1. The molecule has 0 bridgehead atoms. The van der Waals surface area contributed by atoms with Crippen LogP contribution in [0.1, 0.15) is 18.4 Å². The summed E-state index contributed by atoms with van der Waals surface area (Å²) < 4.78 is 12.5. The standard InChI is InChI=1S/C12H14BrNO3/c13-9-3-8(5-14-15)4-10-11(9)17-7-12(1-2-12)6-16-10/h3-4,14-15H,1-2,5-7H2. The largest absolute Gasteiger partial charge is 0.489 e. The molecule has 0 radical (unpaired) electrons. The summed E-state index contributed by atoms with van der Waals surface area (Å²) in [4.78, 5) is 0. The molecule has 1 aliphatic heterocycles. The zero-order chi connectivity index (χ0) is 11.9. The highest BCUT2D eigenvalue weighted by Gasteiger charge is 2.46. The number of halogens is 1. The minimum absolute atomic E-state index is 0.244. The van der Waals surface area contributed by atoms with Gasteiger partial charge in [0.25, 0.3) is 0 Å². The van der Waals surface area contributed by atoms with Crippen LogP contribution in [0.4, 0.5) is 0 Å². The summed E-state index contributed by atoms with van der Waals surface area (Å²) in [6.07, 6.45) is 2.37. The zero-order valence-electron chi connectivity index (χ0n) is 9.33. The molecule has 0 atom stereocenters. The molecule has 0 unspecified atom stereocenters. The SMILES string of the molecule is ONCc1cc(Br)c2c(c1)OCC1(CC1)CO2. The Balaban J connectivity index is 1.91. The third-order valence-electron chi connectivity index (χ3n) is 3.37. The van der Waals surface area contributed by atoms with Crippen molar-refractivity contribution in [1.82, 2.24) is 5.48 Å². The van der Waals surface area contributed by atoms with E-state index in [9.17, 15) is 0 Å². The predicted molar refractivity (Wildman–Crippen MR) is 65.4 cm³/mol. The summed E-state index contributed by atoms with van der Waals surface area (Å²) >= 11 is 3.48. The van der Waals surface area contributed by atoms with Gasteiger partial charge in [0.05, 0.1) is 17.7 Å². The van der Waals surface area contributed by atoms with Gasteiger partial charge in [0.1, 0.15) is 0 Å². The van der Waals surface area contributed by atoms with Gasteiger partial charge in [0.15, 0.2) is 11.5 Å². The number of benzene rings is 1. The van der Waals surface area contributed by atoms with E-state index in [1.807, 2.05) is 12.1 Å². The van der Waals surface area contributed by atoms with Crippen LogP contribution >= 0.6 is 15.9 Å². The van der Waals surface area contributed by atoms with E-state index < -0.39 is 0 Å². The van der Waals surface area contributed by atoms with Crippen LogP contribution in [0.2, 0.25) is 0 Å². The molecule has 4 nitrogen and oxygen atoms in total. The number of rotatable bonds is 2. The predicted octanol–water partition coefficient (Wildman–Crippen LogP) is 2.48. The molecule has 1 fully saturated rings. The molecule has 2 aliphatic rings. The second-order valence-electron chi connectivity index (χ2n) is 4.82. The van der Waals surface area contributed by atoms with Crippen LogP contribution in [0.25, 0.3) is 0 Å². The van der Waals surface area contributed by atoms with E-state index in [-0.39, 0.29) is 5.41 Å². The first-order chi connectivity index (χ1) is 8.22. The Bertz CT molecular complexity index is 446. The zero-order valence-corrected chi connectivity index (χ0v) is 10.9. The van der Waals surface area contributed by atoms with Gasteiger partial charge in [0.2, 0.25) is 0 Å². The first-order valence-electron chi connectivity index (χ1n) is 5.67. The van der Waals surface area contributed by atoms with E-state index in [1.54, 1.807) is 0 Å². The Morgan fingerprint density at radius 2 is 2.06 bits per heavy atom. The van der Waals surface area contributed by atoms with Gasteiger partial charge in [-0.25, -0.2) is 5.48 Å². The highest BCUT2D eigenvalue weighted by Crippen LogP contribution is 2.50. The molecule has 0 aromatic heterocycles. The van der Waals surface area contributed by atoms with Gasteiger partial charge in [-0.1, -0.05) is 0 Å². The van der Waals surface area contributed by atoms with Crippen molar-refractivity contribution in [3.63, 3.8) is 0 Å². The summed E-state index contributed by atoms with van der Waals surface area (Å²) in [6.45, 7) is 1.85. The molecule has 1 saturated carbocycles. The monoisotopic (exact) mass is 299 g/mol. The molecule has 2 N–H and O–H groups in total. The van der Waals surface area contributed by atoms with E-state index in [0.717, 1.165) is 34.7 Å². The lowest BCUT2D eigenvalue weighted by Gasteiger charge is -2.11. The summed E-state index contributed by atoms with van der Waals surface area (Å²) in [6, 6.07) is 3.83. The summed E-state index contributed by atoms with van der Waals surface area (Å²) in [5, 5.41) is 8.73. The summed E-state index contributed by atoms with van der Waals surface area (Å²) in [5.74, 6) is 1.53. The second kappa shape index (κ2) is 4.15. The van der Waals surface area contributed by atoms with Crippen molar-refractivity contribution < 1.29 is 14.7 Å². The average molecular weight is 300 g/mol. The molecule has 1 aliphatic carbocycles. The number of hydrogen-bond donors (Lipinski definition) is 2. The quantitative estimate of drug-likeness (QED) is 0.824. The highest BCUT2D eigenvalue weighted by atomic mass is 79.9. The number of hydroxylamine groups is 1. The second-order valence-corrected chi connectivity index (χ2v) is 5.67. The molecular weight excluding hydrogens is 286 g/mol. The van der Waals surface area contributed by atoms with Gasteiger partial charge in [-0.05, 0) is 46.5 Å². The molecule has 1 spiro atoms. The lowest BCUT2D eigenvalue weighted by atomic mass is 10.1. The highest BCUT2D eigenvalue weighted by molar-refractivity contribution is 9.10. The van der Waals surface area contributed by atoms with Gasteiger partial charge in [0, 0.05) is 12.0 Å². The number of nitrogens with one attached hydrogen (secondary N) is 1. The number of hydrogen-bond acceptors (Lipinski definition) is 4. The van der Waals surface area contributed by atoms with Crippen LogP contribution in [0.5, 0.6) is 11.5 Å². The van der Waals surface area contributed by atoms with Crippen molar-refractivity contribution in [3.8, 4) is 11.5 Å². The smallest absolute Gasteiger partial charge is 0.175 e. The van der Waals surface area contributed by atoms with Crippen molar-refractivity contribution in [3.05, 3.63) is 22.2 Å². The third-order valence-corrected chi connectivity index (χ3v) is 3.96. The maximum Gasteiger partial charge on any atom is 0.175 e. The summed E-state index contributed by atoms with van der Waals surface area (Å²) in [7, 11) is 0. The first kappa shape index (κ1) is 11.3. The fourth-order valence-electron chi connectivity index (χ4n) is 2.03. The first-order valence-corrected chi connectivity index (χ1v) is 6.47. The fourth-order valence-corrected chi connectivity index (χ4v) is 2.63. The molecule has 1 aromatic carbocycles. The average Bonchev–Trinajstić information content (AvgIpc) is 3.08. The number of fused-ring (bicyclic) bond motifs is 1. The maximum absolute atomic E-state index is 8.73. The van der Waals surface area contributed by atoms with Gasteiger partial charge in [-0.15, -0.1) is 0 Å². The molecule has 1 aromatic rings. The van der Waals surface area contributed by atoms with E-state index >= 15 is 0 Å². The van der Waals surface area contributed by atoms with E-state index in [4.69, 9.17) is 14.7 Å². The summed E-state index contributed by atoms with van der Waals surface area (Å²) in [5.41, 5.74) is 3.34. The molecule has 0 amide bonds. The van der Waals surface area contributed by atoms with Gasteiger partial charge >= 0.3 is 0 Å². The lowest BCUT2D eigenvalue weighted by Crippen LogP contribution is -2.17. The van der Waals surface area contributed by atoms with Crippen LogP contribution < -0.4 is 15.0 Å². The van der Waals surface area contributed by atoms with E-state index in [1.165, 1.54) is 12.8 Å². The maximum atomic E-state index is 8.73. The third kappa shape index (κ3) is 2.14. The molecule has 5 heteroatoms.